The van der Waals surface area contributed by atoms with Gasteiger partial charge in [-0.3, -0.25) is 4.98 Å². The number of alkyl halides is 3. The average molecular weight is 268 g/mol. The van der Waals surface area contributed by atoms with E-state index in [9.17, 15) is 13.2 Å². The van der Waals surface area contributed by atoms with Crippen LogP contribution in [0.4, 0.5) is 13.2 Å². The molecule has 0 aliphatic rings. The highest BCUT2D eigenvalue weighted by Crippen LogP contribution is 2.25. The number of nitrogens with two attached hydrogens (primary N) is 1. The van der Waals surface area contributed by atoms with Gasteiger partial charge in [0.2, 0.25) is 0 Å². The summed E-state index contributed by atoms with van der Waals surface area (Å²) in [5.41, 5.74) is 7.34. The molecule has 0 aliphatic heterocycles. The van der Waals surface area contributed by atoms with Gasteiger partial charge in [-0.05, 0) is 25.0 Å². The Bertz CT molecular complexity index is 552. The highest BCUT2D eigenvalue weighted by molar-refractivity contribution is 5.78. The minimum Gasteiger partial charge on any atom is -0.323 e. The van der Waals surface area contributed by atoms with Crippen LogP contribution in [0, 0.1) is 0 Å². The van der Waals surface area contributed by atoms with Crippen LogP contribution < -0.4 is 5.73 Å². The van der Waals surface area contributed by atoms with Gasteiger partial charge >= 0.3 is 6.18 Å². The summed E-state index contributed by atoms with van der Waals surface area (Å²) < 4.78 is 36.2. The van der Waals surface area contributed by atoms with Crippen molar-refractivity contribution in [3.8, 4) is 0 Å². The van der Waals surface area contributed by atoms with Gasteiger partial charge in [0.1, 0.15) is 0 Å². The van der Waals surface area contributed by atoms with Gasteiger partial charge in [-0.2, -0.15) is 13.2 Å². The lowest BCUT2D eigenvalue weighted by molar-refractivity contribution is -0.135. The van der Waals surface area contributed by atoms with Crippen molar-refractivity contribution in [3.63, 3.8) is 0 Å². The molecule has 2 N–H and O–H groups in total. The van der Waals surface area contributed by atoms with E-state index in [1.54, 1.807) is 6.07 Å². The van der Waals surface area contributed by atoms with E-state index >= 15 is 0 Å². The molecule has 1 aromatic carbocycles. The number of hydrogen-bond acceptors (Lipinski definition) is 2. The van der Waals surface area contributed by atoms with Crippen molar-refractivity contribution in [2.45, 2.75) is 31.5 Å². The fraction of sp³-hybridized carbons (Fsp3) is 0.357. The summed E-state index contributed by atoms with van der Waals surface area (Å²) in [6.45, 7) is 0. The van der Waals surface area contributed by atoms with Crippen LogP contribution in [0.15, 0.2) is 36.4 Å². The summed E-state index contributed by atoms with van der Waals surface area (Å²) in [4.78, 5) is 4.38. The molecule has 5 heteroatoms. The molecular weight excluding hydrogens is 253 g/mol. The van der Waals surface area contributed by atoms with E-state index in [1.165, 1.54) is 0 Å². The maximum Gasteiger partial charge on any atom is 0.389 e. The number of para-hydroxylation sites is 1. The highest BCUT2D eigenvalue weighted by atomic mass is 19.4. The summed E-state index contributed by atoms with van der Waals surface area (Å²) >= 11 is 0. The normalized spacial score (nSPS) is 13.7. The molecule has 0 saturated heterocycles. The topological polar surface area (TPSA) is 38.9 Å². The fourth-order valence-corrected chi connectivity index (χ4v) is 1.96. The Balaban J connectivity index is 2.03. The molecule has 1 atom stereocenters. The Morgan fingerprint density at radius 3 is 2.58 bits per heavy atom. The van der Waals surface area contributed by atoms with E-state index in [0.717, 1.165) is 10.9 Å². The van der Waals surface area contributed by atoms with Crippen LogP contribution in [0.25, 0.3) is 10.9 Å². The predicted octanol–water partition coefficient (Wildman–Crippen LogP) is 3.97. The SMILES string of the molecule is NC(CCCC(F)(F)F)c1ccc2ccccc2n1. The van der Waals surface area contributed by atoms with Gasteiger partial charge in [0.25, 0.3) is 0 Å². The molecule has 0 aliphatic carbocycles. The lowest BCUT2D eigenvalue weighted by Crippen LogP contribution is -2.14. The molecule has 0 amide bonds. The number of fused-ring (bicyclic) bond motifs is 1. The molecule has 0 radical (unpaired) electrons. The summed E-state index contributed by atoms with van der Waals surface area (Å²) in [5, 5.41) is 0.994. The molecule has 0 fully saturated rings. The van der Waals surface area contributed by atoms with Gasteiger partial charge in [0, 0.05) is 17.8 Å². The number of halogens is 3. The molecule has 19 heavy (non-hydrogen) atoms. The van der Waals surface area contributed by atoms with Crippen LogP contribution in [0.1, 0.15) is 31.0 Å². The smallest absolute Gasteiger partial charge is 0.323 e. The molecule has 1 aromatic heterocycles. The van der Waals surface area contributed by atoms with Gasteiger partial charge in [0.15, 0.2) is 0 Å². The second kappa shape index (κ2) is 5.57. The van der Waals surface area contributed by atoms with Crippen molar-refractivity contribution < 1.29 is 13.2 Å². The van der Waals surface area contributed by atoms with Gasteiger partial charge in [-0.1, -0.05) is 24.3 Å². The zero-order chi connectivity index (χ0) is 13.9. The van der Waals surface area contributed by atoms with Gasteiger partial charge in [-0.15, -0.1) is 0 Å². The lowest BCUT2D eigenvalue weighted by Gasteiger charge is -2.12. The molecule has 0 bridgehead atoms. The molecule has 2 nitrogen and oxygen atoms in total. The summed E-state index contributed by atoms with van der Waals surface area (Å²) in [6.07, 6.45) is -4.60. The van der Waals surface area contributed by atoms with Crippen LogP contribution in [-0.2, 0) is 0 Å². The van der Waals surface area contributed by atoms with Crippen molar-refractivity contribution in [2.24, 2.45) is 5.73 Å². The van der Waals surface area contributed by atoms with E-state index in [4.69, 9.17) is 5.73 Å². The molecule has 0 saturated carbocycles. The Morgan fingerprint density at radius 2 is 1.84 bits per heavy atom. The number of nitrogens with zero attached hydrogens (tertiary/aromatic N) is 1. The third-order valence-corrected chi connectivity index (χ3v) is 2.98. The summed E-state index contributed by atoms with van der Waals surface area (Å²) in [7, 11) is 0. The number of hydrogen-bond donors (Lipinski definition) is 1. The number of aromatic nitrogens is 1. The Labute approximate surface area is 109 Å². The molecule has 1 heterocycles. The van der Waals surface area contributed by atoms with Gasteiger partial charge in [-0.25, -0.2) is 0 Å². The quantitative estimate of drug-likeness (QED) is 0.911. The van der Waals surface area contributed by atoms with E-state index in [-0.39, 0.29) is 12.8 Å². The molecule has 2 rings (SSSR count). The molecule has 0 spiro atoms. The third-order valence-electron chi connectivity index (χ3n) is 2.98. The Kier molecular flexibility index (Phi) is 4.04. The first-order chi connectivity index (χ1) is 8.96. The summed E-state index contributed by atoms with van der Waals surface area (Å²) in [6, 6.07) is 10.8. The van der Waals surface area contributed by atoms with Crippen LogP contribution in [0.3, 0.4) is 0 Å². The summed E-state index contributed by atoms with van der Waals surface area (Å²) in [5.74, 6) is 0. The van der Waals surface area contributed by atoms with E-state index in [2.05, 4.69) is 4.98 Å². The standard InChI is InChI=1S/C14H15F3N2/c15-14(16,17)9-3-5-11(18)13-8-7-10-4-1-2-6-12(10)19-13/h1-2,4,6-8,11H,3,5,9,18H2. The zero-order valence-electron chi connectivity index (χ0n) is 10.3. The van der Waals surface area contributed by atoms with E-state index in [0.29, 0.717) is 5.69 Å². The molecular formula is C14H15F3N2. The second-order valence-electron chi connectivity index (χ2n) is 4.54. The third kappa shape index (κ3) is 3.92. The monoisotopic (exact) mass is 268 g/mol. The van der Waals surface area contributed by atoms with Crippen molar-refractivity contribution in [3.05, 3.63) is 42.1 Å². The van der Waals surface area contributed by atoms with Gasteiger partial charge in [0.05, 0.1) is 11.2 Å². The Hall–Kier alpha value is -1.62. The maximum absolute atomic E-state index is 12.1. The van der Waals surface area contributed by atoms with Crippen molar-refractivity contribution >= 4 is 10.9 Å². The van der Waals surface area contributed by atoms with E-state index in [1.807, 2.05) is 30.3 Å². The molecule has 1 unspecified atom stereocenters. The molecule has 2 aromatic rings. The first-order valence-corrected chi connectivity index (χ1v) is 6.14. The predicted molar refractivity (Wildman–Crippen MR) is 68.6 cm³/mol. The van der Waals surface area contributed by atoms with Crippen molar-refractivity contribution in [1.82, 2.24) is 4.98 Å². The largest absolute Gasteiger partial charge is 0.389 e. The van der Waals surface area contributed by atoms with Crippen molar-refractivity contribution in [1.29, 1.82) is 0 Å². The first-order valence-electron chi connectivity index (χ1n) is 6.14. The minimum atomic E-state index is -4.11. The van der Waals surface area contributed by atoms with Crippen LogP contribution in [0.2, 0.25) is 0 Å². The van der Waals surface area contributed by atoms with Gasteiger partial charge < -0.3 is 5.73 Å². The van der Waals surface area contributed by atoms with Crippen LogP contribution >= 0.6 is 0 Å². The Morgan fingerprint density at radius 1 is 1.11 bits per heavy atom. The minimum absolute atomic E-state index is 0.0270. The number of rotatable bonds is 4. The average Bonchev–Trinajstić information content (AvgIpc) is 2.36. The first kappa shape index (κ1) is 13.8. The van der Waals surface area contributed by atoms with Crippen LogP contribution in [-0.4, -0.2) is 11.2 Å². The van der Waals surface area contributed by atoms with Crippen molar-refractivity contribution in [2.75, 3.05) is 0 Å². The highest BCUT2D eigenvalue weighted by Gasteiger charge is 2.26. The zero-order valence-corrected chi connectivity index (χ0v) is 10.3. The second-order valence-corrected chi connectivity index (χ2v) is 4.54. The number of benzene rings is 1. The number of pyridine rings is 1. The fourth-order valence-electron chi connectivity index (χ4n) is 1.96. The lowest BCUT2D eigenvalue weighted by atomic mass is 10.1. The van der Waals surface area contributed by atoms with Crippen LogP contribution in [0.5, 0.6) is 0 Å². The maximum atomic E-state index is 12.1. The van der Waals surface area contributed by atoms with E-state index < -0.39 is 18.6 Å². The molecule has 102 valence electrons.